The second-order valence-corrected chi connectivity index (χ2v) is 18.4. The van der Waals surface area contributed by atoms with Gasteiger partial charge >= 0.3 is 0 Å². The second-order valence-electron chi connectivity index (χ2n) is 12.8. The van der Waals surface area contributed by atoms with Crippen LogP contribution in [0.5, 0.6) is 0 Å². The molecule has 0 aliphatic carbocycles. The van der Waals surface area contributed by atoms with Gasteiger partial charge in [0.05, 0.1) is 11.0 Å². The lowest BCUT2D eigenvalue weighted by molar-refractivity contribution is 0.592. The largest absolute Gasteiger partial charge is 0.309 e. The Bertz CT molecular complexity index is 2590. The molecule has 0 spiro atoms. The van der Waals surface area contributed by atoms with Crippen molar-refractivity contribution in [1.29, 1.82) is 0 Å². The van der Waals surface area contributed by atoms with Gasteiger partial charge in [-0.15, -0.1) is 0 Å². The van der Waals surface area contributed by atoms with Crippen LogP contribution in [-0.2, 0) is 9.13 Å². The fourth-order valence-electron chi connectivity index (χ4n) is 7.45. The van der Waals surface area contributed by atoms with Gasteiger partial charge in [0, 0.05) is 48.3 Å². The van der Waals surface area contributed by atoms with E-state index in [1.54, 1.807) is 0 Å². The molecule has 0 N–H and O–H groups in total. The van der Waals surface area contributed by atoms with Gasteiger partial charge < -0.3 is 13.7 Å². The smallest absolute Gasteiger partial charge is 0.171 e. The van der Waals surface area contributed by atoms with E-state index in [9.17, 15) is 0 Å². The summed E-state index contributed by atoms with van der Waals surface area (Å²) >= 11 is 0. The van der Waals surface area contributed by atoms with Crippen molar-refractivity contribution in [2.24, 2.45) is 0 Å². The molecule has 9 aromatic rings. The first-order valence-corrected chi connectivity index (χ1v) is 20.5. The normalized spacial score (nSPS) is 12.1. The van der Waals surface area contributed by atoms with E-state index >= 15 is 9.13 Å². The number of para-hydroxylation sites is 1. The quantitative estimate of drug-likeness (QED) is 0.156. The van der Waals surface area contributed by atoms with Crippen LogP contribution in [0, 0.1) is 0 Å². The molecule has 3 nitrogen and oxygen atoms in total. The molecule has 0 aliphatic rings. The minimum absolute atomic E-state index is 0.631. The lowest BCUT2D eigenvalue weighted by Crippen LogP contribution is -2.31. The highest BCUT2D eigenvalue weighted by molar-refractivity contribution is 7.86. The number of nitrogens with zero attached hydrogens (tertiary/aromatic N) is 1. The van der Waals surface area contributed by atoms with E-state index in [0.717, 1.165) is 59.5 Å². The molecular weight excluding hydrogens is 660 g/mol. The minimum Gasteiger partial charge on any atom is -0.309 e. The van der Waals surface area contributed by atoms with Gasteiger partial charge in [-0.25, -0.2) is 0 Å². The Hall–Kier alpha value is -5.72. The lowest BCUT2D eigenvalue weighted by atomic mass is 10.1. The van der Waals surface area contributed by atoms with E-state index in [1.807, 2.05) is 127 Å². The summed E-state index contributed by atoms with van der Waals surface area (Å²) in [6.07, 6.45) is 0. The van der Waals surface area contributed by atoms with E-state index in [2.05, 4.69) is 77.4 Å². The molecule has 0 fully saturated rings. The molecule has 1 aromatic heterocycles. The van der Waals surface area contributed by atoms with Gasteiger partial charge in [-0.05, 0) is 47.2 Å². The summed E-state index contributed by atoms with van der Waals surface area (Å²) in [5.41, 5.74) is 2.86. The molecule has 0 bridgehead atoms. The predicted molar refractivity (Wildman–Crippen MR) is 217 cm³/mol. The molecule has 5 heteroatoms. The van der Waals surface area contributed by atoms with E-state index < -0.39 is 14.3 Å². The van der Waals surface area contributed by atoms with Gasteiger partial charge in [0.1, 0.15) is 0 Å². The third kappa shape index (κ3) is 5.12. The average Bonchev–Trinajstić information content (AvgIpc) is 3.53. The van der Waals surface area contributed by atoms with Crippen LogP contribution in [0.3, 0.4) is 0 Å². The van der Waals surface area contributed by atoms with Crippen molar-refractivity contribution in [2.75, 3.05) is 0 Å². The summed E-state index contributed by atoms with van der Waals surface area (Å²) < 4.78 is 34.4. The fraction of sp³-hybridized carbons (Fsp3) is 0. The molecule has 0 unspecified atom stereocenters. The summed E-state index contributed by atoms with van der Waals surface area (Å²) in [4.78, 5) is 0. The summed E-state index contributed by atoms with van der Waals surface area (Å²) in [6, 6.07) is 66.2. The van der Waals surface area contributed by atoms with Crippen molar-refractivity contribution in [1.82, 2.24) is 4.57 Å². The molecule has 1 heterocycles. The highest BCUT2D eigenvalue weighted by Gasteiger charge is 2.35. The summed E-state index contributed by atoms with van der Waals surface area (Å²) in [7, 11) is -6.96. The number of aromatic nitrogens is 1. The maximum atomic E-state index is 16.1. The predicted octanol–water partition coefficient (Wildman–Crippen LogP) is 9.22. The summed E-state index contributed by atoms with van der Waals surface area (Å²) in [5, 5.41) is 8.69. The molecule has 244 valence electrons. The van der Waals surface area contributed by atoms with Crippen molar-refractivity contribution < 1.29 is 9.13 Å². The summed E-state index contributed by atoms with van der Waals surface area (Å²) in [6.45, 7) is 0. The van der Waals surface area contributed by atoms with Crippen molar-refractivity contribution in [3.05, 3.63) is 200 Å². The number of rotatable bonds is 7. The zero-order valence-corrected chi connectivity index (χ0v) is 29.5. The number of fused-ring (bicyclic) bond motifs is 4. The highest BCUT2D eigenvalue weighted by Crippen LogP contribution is 2.47. The third-order valence-electron chi connectivity index (χ3n) is 9.89. The van der Waals surface area contributed by atoms with Gasteiger partial charge in [0.25, 0.3) is 0 Å². The molecule has 9 rings (SSSR count). The first kappa shape index (κ1) is 31.3. The molecule has 0 atom stereocenters. The first-order valence-electron chi connectivity index (χ1n) is 17.1. The zero-order chi connectivity index (χ0) is 34.4. The number of benzene rings is 8. The zero-order valence-electron chi connectivity index (χ0n) is 27.7. The molecule has 0 saturated heterocycles. The fourth-order valence-corrected chi connectivity index (χ4v) is 13.0. The maximum Gasteiger partial charge on any atom is 0.171 e. The van der Waals surface area contributed by atoms with Crippen LogP contribution in [0.15, 0.2) is 200 Å². The Labute approximate surface area is 297 Å². The van der Waals surface area contributed by atoms with Crippen LogP contribution in [0.2, 0.25) is 0 Å². The average molecular weight is 694 g/mol. The Kier molecular flexibility index (Phi) is 7.70. The Morgan fingerprint density at radius 3 is 1.18 bits per heavy atom. The molecule has 0 amide bonds. The van der Waals surface area contributed by atoms with E-state index in [-0.39, 0.29) is 0 Å². The molecule has 0 aliphatic heterocycles. The van der Waals surface area contributed by atoms with Gasteiger partial charge in [-0.2, -0.15) is 0 Å². The van der Waals surface area contributed by atoms with Gasteiger partial charge in [0.15, 0.2) is 14.3 Å². The Balaban J connectivity index is 1.44. The van der Waals surface area contributed by atoms with Crippen LogP contribution >= 0.6 is 14.3 Å². The Morgan fingerprint density at radius 1 is 0.314 bits per heavy atom. The Morgan fingerprint density at radius 2 is 0.706 bits per heavy atom. The highest BCUT2D eigenvalue weighted by atomic mass is 31.2. The van der Waals surface area contributed by atoms with Crippen LogP contribution < -0.4 is 31.8 Å². The molecule has 8 aromatic carbocycles. The van der Waals surface area contributed by atoms with Crippen LogP contribution in [0.1, 0.15) is 0 Å². The number of hydrogen-bond acceptors (Lipinski definition) is 2. The van der Waals surface area contributed by atoms with Crippen molar-refractivity contribution in [3.8, 4) is 5.69 Å². The summed E-state index contributed by atoms with van der Waals surface area (Å²) in [5.74, 6) is 0. The molecule has 0 radical (unpaired) electrons. The lowest BCUT2D eigenvalue weighted by Gasteiger charge is -2.25. The van der Waals surface area contributed by atoms with Gasteiger partial charge in [0.2, 0.25) is 0 Å². The topological polar surface area (TPSA) is 39.1 Å². The SMILES string of the molecule is O=P(c1ccccc1)(c1ccccc1)c1cc(-n2c3ccccc3c3cc4ccccc4cc32)cc(P(=O)(c2ccccc2)c2ccccc2)c1. The second kappa shape index (κ2) is 12.6. The maximum absolute atomic E-state index is 16.1. The van der Waals surface area contributed by atoms with E-state index in [0.29, 0.717) is 10.6 Å². The van der Waals surface area contributed by atoms with E-state index in [1.165, 1.54) is 0 Å². The molecule has 0 saturated carbocycles. The van der Waals surface area contributed by atoms with Crippen molar-refractivity contribution >= 4 is 78.7 Å². The standard InChI is InChI=1S/C46H33NO2P2/c48-50(37-19-5-1-6-20-37,38-21-7-2-8-22-38)41-31-36(32-42(33-41)51(49,39-23-9-3-10-24-39)40-25-11-4-12-26-40)47-45-28-16-15-27-43(45)44-29-34-17-13-14-18-35(34)30-46(44)47/h1-33H. The van der Waals surface area contributed by atoms with Crippen LogP contribution in [0.25, 0.3) is 38.3 Å². The van der Waals surface area contributed by atoms with Gasteiger partial charge in [-0.1, -0.05) is 164 Å². The third-order valence-corrected chi connectivity index (χ3v) is 16.0. The van der Waals surface area contributed by atoms with Crippen LogP contribution in [0.4, 0.5) is 0 Å². The monoisotopic (exact) mass is 693 g/mol. The van der Waals surface area contributed by atoms with Crippen LogP contribution in [-0.4, -0.2) is 4.57 Å². The first-order chi connectivity index (χ1) is 25.0. The molecule has 51 heavy (non-hydrogen) atoms. The van der Waals surface area contributed by atoms with Crippen molar-refractivity contribution in [2.45, 2.75) is 0 Å². The molecular formula is C46H33NO2P2. The minimum atomic E-state index is -3.48. The van der Waals surface area contributed by atoms with E-state index in [4.69, 9.17) is 0 Å². The number of hydrogen-bond donors (Lipinski definition) is 0. The van der Waals surface area contributed by atoms with Gasteiger partial charge in [-0.3, -0.25) is 0 Å². The van der Waals surface area contributed by atoms with Crippen molar-refractivity contribution in [3.63, 3.8) is 0 Å².